The van der Waals surface area contributed by atoms with Crippen molar-refractivity contribution in [2.75, 3.05) is 19.6 Å². The Kier molecular flexibility index (Phi) is 5.60. The smallest absolute Gasteiger partial charge is 0.317 e. The minimum absolute atomic E-state index is 0.140. The zero-order valence-electron chi connectivity index (χ0n) is 11.7. The van der Waals surface area contributed by atoms with Crippen molar-refractivity contribution in [3.05, 3.63) is 0 Å². The number of hydrogen-bond donors (Lipinski definition) is 3. The summed E-state index contributed by atoms with van der Waals surface area (Å²) in [6, 6.07) is -0.290. The molecule has 1 rings (SSSR count). The summed E-state index contributed by atoms with van der Waals surface area (Å²) in [6.07, 6.45) is 2.76. The highest BCUT2D eigenvalue weighted by Crippen LogP contribution is 2.20. The Bertz CT molecular complexity index is 331. The van der Waals surface area contributed by atoms with Gasteiger partial charge in [-0.15, -0.1) is 0 Å². The molecule has 0 radical (unpaired) electrons. The number of aliphatic carboxylic acids is 1. The lowest BCUT2D eigenvalue weighted by Gasteiger charge is -2.36. The third kappa shape index (κ3) is 5.06. The van der Waals surface area contributed by atoms with Crippen molar-refractivity contribution in [1.29, 1.82) is 0 Å². The van der Waals surface area contributed by atoms with Gasteiger partial charge in [-0.1, -0.05) is 13.3 Å². The van der Waals surface area contributed by atoms with Gasteiger partial charge in [0.25, 0.3) is 0 Å². The maximum atomic E-state index is 11.9. The summed E-state index contributed by atoms with van der Waals surface area (Å²) >= 11 is 0. The monoisotopic (exact) mass is 272 g/mol. The van der Waals surface area contributed by atoms with Gasteiger partial charge >= 0.3 is 12.0 Å². The first-order valence-corrected chi connectivity index (χ1v) is 6.83. The normalized spacial score (nSPS) is 24.9. The highest BCUT2D eigenvalue weighted by molar-refractivity contribution is 5.76. The van der Waals surface area contributed by atoms with Crippen LogP contribution >= 0.6 is 0 Å². The van der Waals surface area contributed by atoms with Crippen molar-refractivity contribution in [2.24, 2.45) is 5.92 Å². The third-order valence-electron chi connectivity index (χ3n) is 3.45. The number of nitrogens with zero attached hydrogens (tertiary/aromatic N) is 1. The molecule has 3 N–H and O–H groups in total. The predicted molar refractivity (Wildman–Crippen MR) is 70.9 cm³/mol. The molecule has 0 bridgehead atoms. The molecule has 0 aromatic carbocycles. The SMILES string of the molecule is CCCC(CNC(=O)N1CCCC(C)(O)C1)C(=O)O. The summed E-state index contributed by atoms with van der Waals surface area (Å²) in [5.41, 5.74) is -0.842. The quantitative estimate of drug-likeness (QED) is 0.697. The molecule has 1 heterocycles. The molecule has 0 aliphatic carbocycles. The average molecular weight is 272 g/mol. The molecular formula is C13H24N2O4. The molecule has 0 aromatic heterocycles. The van der Waals surface area contributed by atoms with Crippen LogP contribution < -0.4 is 5.32 Å². The first-order chi connectivity index (χ1) is 8.85. The van der Waals surface area contributed by atoms with Crippen LogP contribution in [0.25, 0.3) is 0 Å². The Morgan fingerprint density at radius 2 is 2.16 bits per heavy atom. The molecule has 1 fully saturated rings. The van der Waals surface area contributed by atoms with E-state index in [1.54, 1.807) is 11.8 Å². The molecule has 2 unspecified atom stereocenters. The van der Waals surface area contributed by atoms with E-state index >= 15 is 0 Å². The highest BCUT2D eigenvalue weighted by atomic mass is 16.4. The lowest BCUT2D eigenvalue weighted by Crippen LogP contribution is -2.52. The van der Waals surface area contributed by atoms with Crippen LogP contribution in [-0.2, 0) is 4.79 Å². The van der Waals surface area contributed by atoms with Crippen LogP contribution in [0.5, 0.6) is 0 Å². The number of rotatable bonds is 5. The van der Waals surface area contributed by atoms with Crippen molar-refractivity contribution in [3.8, 4) is 0 Å². The highest BCUT2D eigenvalue weighted by Gasteiger charge is 2.31. The number of nitrogens with one attached hydrogen (secondary N) is 1. The van der Waals surface area contributed by atoms with E-state index in [0.717, 1.165) is 12.8 Å². The van der Waals surface area contributed by atoms with Gasteiger partial charge in [-0.2, -0.15) is 0 Å². The number of carboxylic acids is 1. The summed E-state index contributed by atoms with van der Waals surface area (Å²) in [5.74, 6) is -1.42. The van der Waals surface area contributed by atoms with Gasteiger partial charge < -0.3 is 20.4 Å². The number of amides is 2. The molecule has 0 spiro atoms. The standard InChI is InChI=1S/C13H24N2O4/c1-3-5-10(11(16)17)8-14-12(18)15-7-4-6-13(2,19)9-15/h10,19H,3-9H2,1-2H3,(H,14,18)(H,16,17). The molecule has 0 saturated carbocycles. The second-order valence-electron chi connectivity index (χ2n) is 5.53. The molecule has 0 aromatic rings. The van der Waals surface area contributed by atoms with Crippen molar-refractivity contribution < 1.29 is 19.8 Å². The van der Waals surface area contributed by atoms with E-state index in [4.69, 9.17) is 5.11 Å². The molecule has 2 atom stereocenters. The van der Waals surface area contributed by atoms with E-state index in [1.165, 1.54) is 0 Å². The number of carbonyl (C=O) groups is 2. The fraction of sp³-hybridized carbons (Fsp3) is 0.846. The van der Waals surface area contributed by atoms with E-state index in [2.05, 4.69) is 5.32 Å². The van der Waals surface area contributed by atoms with E-state index in [1.807, 2.05) is 6.92 Å². The van der Waals surface area contributed by atoms with Gasteiger partial charge in [0.1, 0.15) is 0 Å². The fourth-order valence-electron chi connectivity index (χ4n) is 2.38. The van der Waals surface area contributed by atoms with Gasteiger partial charge in [0.05, 0.1) is 18.1 Å². The number of piperidine rings is 1. The van der Waals surface area contributed by atoms with Gasteiger partial charge in [0.2, 0.25) is 0 Å². The number of urea groups is 1. The summed E-state index contributed by atoms with van der Waals surface area (Å²) < 4.78 is 0. The lowest BCUT2D eigenvalue weighted by molar-refractivity contribution is -0.141. The molecular weight excluding hydrogens is 248 g/mol. The summed E-state index contributed by atoms with van der Waals surface area (Å²) in [7, 11) is 0. The lowest BCUT2D eigenvalue weighted by atomic mass is 9.95. The average Bonchev–Trinajstić information content (AvgIpc) is 2.32. The molecule has 1 aliphatic rings. The minimum Gasteiger partial charge on any atom is -0.481 e. The summed E-state index contributed by atoms with van der Waals surface area (Å²) in [4.78, 5) is 24.5. The van der Waals surface area contributed by atoms with Gasteiger partial charge in [0, 0.05) is 13.1 Å². The van der Waals surface area contributed by atoms with Crippen molar-refractivity contribution in [2.45, 2.75) is 45.1 Å². The van der Waals surface area contributed by atoms with Crippen LogP contribution in [0.15, 0.2) is 0 Å². The molecule has 2 amide bonds. The molecule has 1 aliphatic heterocycles. The van der Waals surface area contributed by atoms with Crippen molar-refractivity contribution >= 4 is 12.0 Å². The number of likely N-dealkylation sites (tertiary alicyclic amines) is 1. The number of β-amino-alcohol motifs (C(OH)–C–C–N with tert-alkyl or cyclic N) is 1. The predicted octanol–water partition coefficient (Wildman–Crippen LogP) is 1.04. The van der Waals surface area contributed by atoms with Crippen LogP contribution in [-0.4, -0.2) is 52.3 Å². The number of hydrogen-bond acceptors (Lipinski definition) is 3. The maximum absolute atomic E-state index is 11.9. The summed E-state index contributed by atoms with van der Waals surface area (Å²) in [5, 5.41) is 21.6. The molecule has 110 valence electrons. The van der Waals surface area contributed by atoms with Crippen LogP contribution in [0, 0.1) is 5.92 Å². The molecule has 19 heavy (non-hydrogen) atoms. The zero-order chi connectivity index (χ0) is 14.5. The van der Waals surface area contributed by atoms with Gasteiger partial charge in [0.15, 0.2) is 0 Å². The van der Waals surface area contributed by atoms with E-state index < -0.39 is 17.5 Å². The first-order valence-electron chi connectivity index (χ1n) is 6.83. The van der Waals surface area contributed by atoms with Gasteiger partial charge in [-0.3, -0.25) is 4.79 Å². The Balaban J connectivity index is 2.43. The van der Waals surface area contributed by atoms with Crippen molar-refractivity contribution in [3.63, 3.8) is 0 Å². The van der Waals surface area contributed by atoms with Crippen LogP contribution in [0.2, 0.25) is 0 Å². The van der Waals surface area contributed by atoms with Crippen LogP contribution in [0.4, 0.5) is 4.79 Å². The maximum Gasteiger partial charge on any atom is 0.317 e. The minimum atomic E-state index is -0.882. The largest absolute Gasteiger partial charge is 0.481 e. The van der Waals surface area contributed by atoms with Crippen molar-refractivity contribution in [1.82, 2.24) is 10.2 Å². The summed E-state index contributed by atoms with van der Waals surface area (Å²) in [6.45, 7) is 4.67. The second kappa shape index (κ2) is 6.75. The number of carbonyl (C=O) groups excluding carboxylic acids is 1. The van der Waals surface area contributed by atoms with E-state index in [-0.39, 0.29) is 12.6 Å². The van der Waals surface area contributed by atoms with Crippen LogP contribution in [0.1, 0.15) is 39.5 Å². The Morgan fingerprint density at radius 1 is 1.47 bits per heavy atom. The first kappa shape index (κ1) is 15.8. The number of carboxylic acid groups (broad SMARTS) is 1. The molecule has 6 heteroatoms. The molecule has 6 nitrogen and oxygen atoms in total. The van der Waals surface area contributed by atoms with Gasteiger partial charge in [-0.25, -0.2) is 4.79 Å². The Morgan fingerprint density at radius 3 is 2.68 bits per heavy atom. The zero-order valence-corrected chi connectivity index (χ0v) is 11.7. The second-order valence-corrected chi connectivity index (χ2v) is 5.53. The van der Waals surface area contributed by atoms with Gasteiger partial charge in [-0.05, 0) is 26.2 Å². The third-order valence-corrected chi connectivity index (χ3v) is 3.45. The number of aliphatic hydroxyl groups is 1. The Hall–Kier alpha value is -1.30. The van der Waals surface area contributed by atoms with E-state index in [0.29, 0.717) is 25.9 Å². The molecule has 1 saturated heterocycles. The van der Waals surface area contributed by atoms with E-state index in [9.17, 15) is 14.7 Å². The van der Waals surface area contributed by atoms with Crippen LogP contribution in [0.3, 0.4) is 0 Å². The Labute approximate surface area is 113 Å². The fourth-order valence-corrected chi connectivity index (χ4v) is 2.38. The topological polar surface area (TPSA) is 89.9 Å².